The smallest absolute Gasteiger partial charge is 0.342 e. The Balaban J connectivity index is 3.18. The standard InChI is InChI=1S/C14H20O5/c1-3-5-6-7-9-12(14(18)19-4-2)10(15)8-11(16)13(9)17/h8,15-17H,3-7H2,1-2H3. The number of rotatable bonds is 6. The van der Waals surface area contributed by atoms with Crippen molar-refractivity contribution >= 4 is 5.97 Å². The van der Waals surface area contributed by atoms with Gasteiger partial charge >= 0.3 is 5.97 Å². The second-order valence-corrected chi connectivity index (χ2v) is 4.29. The van der Waals surface area contributed by atoms with Gasteiger partial charge in [0.05, 0.1) is 6.61 Å². The van der Waals surface area contributed by atoms with Gasteiger partial charge in [0.25, 0.3) is 0 Å². The van der Waals surface area contributed by atoms with Crippen LogP contribution in [0.4, 0.5) is 0 Å². The number of benzene rings is 1. The van der Waals surface area contributed by atoms with Gasteiger partial charge in [0.15, 0.2) is 11.5 Å². The number of ether oxygens (including phenoxy) is 1. The molecule has 19 heavy (non-hydrogen) atoms. The van der Waals surface area contributed by atoms with Crippen LogP contribution in [-0.2, 0) is 11.2 Å². The molecule has 0 spiro atoms. The molecule has 0 saturated carbocycles. The average Bonchev–Trinajstić information content (AvgIpc) is 2.35. The van der Waals surface area contributed by atoms with Crippen molar-refractivity contribution in [2.75, 3.05) is 6.61 Å². The Labute approximate surface area is 112 Å². The Morgan fingerprint density at radius 2 is 1.84 bits per heavy atom. The normalized spacial score (nSPS) is 10.4. The predicted octanol–water partition coefficient (Wildman–Crippen LogP) is 2.71. The third kappa shape index (κ3) is 3.53. The zero-order valence-electron chi connectivity index (χ0n) is 11.3. The third-order valence-electron chi connectivity index (χ3n) is 2.87. The maximum absolute atomic E-state index is 11.8. The number of aromatic hydroxyl groups is 3. The lowest BCUT2D eigenvalue weighted by Gasteiger charge is -2.13. The number of phenols is 3. The van der Waals surface area contributed by atoms with Crippen molar-refractivity contribution in [3.8, 4) is 17.2 Å². The van der Waals surface area contributed by atoms with Crippen molar-refractivity contribution < 1.29 is 24.9 Å². The number of unbranched alkanes of at least 4 members (excludes halogenated alkanes) is 2. The van der Waals surface area contributed by atoms with E-state index in [-0.39, 0.29) is 29.2 Å². The van der Waals surface area contributed by atoms with Crippen LogP contribution in [0.2, 0.25) is 0 Å². The minimum absolute atomic E-state index is 0.0618. The SMILES string of the molecule is CCCCCc1c(O)c(O)cc(O)c1C(=O)OCC. The van der Waals surface area contributed by atoms with Gasteiger partial charge in [-0.05, 0) is 19.8 Å². The number of esters is 1. The van der Waals surface area contributed by atoms with Crippen molar-refractivity contribution in [2.24, 2.45) is 0 Å². The molecule has 1 rings (SSSR count). The van der Waals surface area contributed by atoms with Crippen LogP contribution < -0.4 is 0 Å². The van der Waals surface area contributed by atoms with Gasteiger partial charge in [-0.2, -0.15) is 0 Å². The Hall–Kier alpha value is -1.91. The zero-order valence-corrected chi connectivity index (χ0v) is 11.3. The lowest BCUT2D eigenvalue weighted by atomic mass is 9.98. The van der Waals surface area contributed by atoms with Crippen molar-refractivity contribution in [3.63, 3.8) is 0 Å². The Morgan fingerprint density at radius 3 is 2.42 bits per heavy atom. The molecule has 0 radical (unpaired) electrons. The number of carbonyl (C=O) groups is 1. The molecule has 0 aromatic heterocycles. The first-order chi connectivity index (χ1) is 9.02. The molecule has 0 aliphatic rings. The van der Waals surface area contributed by atoms with Crippen LogP contribution in [0.3, 0.4) is 0 Å². The molecular weight excluding hydrogens is 248 g/mol. The molecule has 0 unspecified atom stereocenters. The Bertz CT molecular complexity index is 454. The van der Waals surface area contributed by atoms with Gasteiger partial charge in [-0.25, -0.2) is 4.79 Å². The quantitative estimate of drug-likeness (QED) is 0.319. The monoisotopic (exact) mass is 268 g/mol. The van der Waals surface area contributed by atoms with E-state index >= 15 is 0 Å². The molecule has 0 aliphatic heterocycles. The first-order valence-electron chi connectivity index (χ1n) is 6.46. The highest BCUT2D eigenvalue weighted by atomic mass is 16.5. The summed E-state index contributed by atoms with van der Waals surface area (Å²) in [5.74, 6) is -1.86. The number of phenolic OH excluding ortho intramolecular Hbond substituents is 3. The molecule has 3 N–H and O–H groups in total. The van der Waals surface area contributed by atoms with E-state index in [2.05, 4.69) is 0 Å². The maximum Gasteiger partial charge on any atom is 0.342 e. The fraction of sp³-hybridized carbons (Fsp3) is 0.500. The summed E-state index contributed by atoms with van der Waals surface area (Å²) >= 11 is 0. The average molecular weight is 268 g/mol. The summed E-state index contributed by atoms with van der Waals surface area (Å²) in [5, 5.41) is 29.1. The van der Waals surface area contributed by atoms with Crippen molar-refractivity contribution in [1.82, 2.24) is 0 Å². The molecule has 106 valence electrons. The van der Waals surface area contributed by atoms with Gasteiger partial charge in [-0.15, -0.1) is 0 Å². The van der Waals surface area contributed by atoms with E-state index in [4.69, 9.17) is 4.74 Å². The van der Waals surface area contributed by atoms with Gasteiger partial charge in [-0.3, -0.25) is 0 Å². The van der Waals surface area contributed by atoms with E-state index in [0.717, 1.165) is 25.3 Å². The molecule has 0 aliphatic carbocycles. The summed E-state index contributed by atoms with van der Waals surface area (Å²) < 4.78 is 4.86. The largest absolute Gasteiger partial charge is 0.507 e. The fourth-order valence-electron chi connectivity index (χ4n) is 1.92. The zero-order chi connectivity index (χ0) is 14.4. The molecule has 0 fully saturated rings. The van der Waals surface area contributed by atoms with Gasteiger partial charge in [0.2, 0.25) is 0 Å². The van der Waals surface area contributed by atoms with Gasteiger partial charge in [0, 0.05) is 11.6 Å². The van der Waals surface area contributed by atoms with E-state index in [1.807, 2.05) is 6.92 Å². The second-order valence-electron chi connectivity index (χ2n) is 4.29. The third-order valence-corrected chi connectivity index (χ3v) is 2.87. The van der Waals surface area contributed by atoms with Gasteiger partial charge in [0.1, 0.15) is 11.3 Å². The molecule has 0 bridgehead atoms. The summed E-state index contributed by atoms with van der Waals surface area (Å²) in [6.07, 6.45) is 3.06. The van der Waals surface area contributed by atoms with Crippen molar-refractivity contribution in [1.29, 1.82) is 0 Å². The van der Waals surface area contributed by atoms with Gasteiger partial charge < -0.3 is 20.1 Å². The molecule has 5 heteroatoms. The van der Waals surface area contributed by atoms with Crippen molar-refractivity contribution in [3.05, 3.63) is 17.2 Å². The summed E-state index contributed by atoms with van der Waals surface area (Å²) in [6, 6.07) is 0.949. The second kappa shape index (κ2) is 6.87. The molecule has 5 nitrogen and oxygen atoms in total. The van der Waals surface area contributed by atoms with Gasteiger partial charge in [-0.1, -0.05) is 19.8 Å². The molecule has 1 aromatic carbocycles. The van der Waals surface area contributed by atoms with E-state index in [9.17, 15) is 20.1 Å². The van der Waals surface area contributed by atoms with Crippen molar-refractivity contribution in [2.45, 2.75) is 39.5 Å². The minimum Gasteiger partial charge on any atom is -0.507 e. The molecule has 0 atom stereocenters. The predicted molar refractivity (Wildman–Crippen MR) is 70.6 cm³/mol. The Kier molecular flexibility index (Phi) is 5.48. The highest BCUT2D eigenvalue weighted by Crippen LogP contribution is 2.38. The molecule has 1 aromatic rings. The number of carbonyl (C=O) groups excluding carboxylic acids is 1. The maximum atomic E-state index is 11.8. The first kappa shape index (κ1) is 15.1. The van der Waals surface area contributed by atoms with E-state index in [1.165, 1.54) is 0 Å². The van der Waals surface area contributed by atoms with E-state index in [1.54, 1.807) is 6.92 Å². The van der Waals surface area contributed by atoms with E-state index < -0.39 is 11.7 Å². The van der Waals surface area contributed by atoms with E-state index in [0.29, 0.717) is 6.42 Å². The summed E-state index contributed by atoms with van der Waals surface area (Å²) in [4.78, 5) is 11.8. The number of hydrogen-bond donors (Lipinski definition) is 3. The first-order valence-corrected chi connectivity index (χ1v) is 6.46. The molecule has 0 amide bonds. The van der Waals surface area contributed by atoms with Crippen LogP contribution in [-0.4, -0.2) is 27.9 Å². The topological polar surface area (TPSA) is 87.0 Å². The highest BCUT2D eigenvalue weighted by molar-refractivity contribution is 5.95. The van der Waals surface area contributed by atoms with Crippen LogP contribution in [0.1, 0.15) is 49.0 Å². The lowest BCUT2D eigenvalue weighted by Crippen LogP contribution is -2.09. The molecule has 0 heterocycles. The lowest BCUT2D eigenvalue weighted by molar-refractivity contribution is 0.0521. The molecule has 0 saturated heterocycles. The Morgan fingerprint density at radius 1 is 1.16 bits per heavy atom. The fourth-order valence-corrected chi connectivity index (χ4v) is 1.92. The number of hydrogen-bond acceptors (Lipinski definition) is 5. The molecular formula is C14H20O5. The minimum atomic E-state index is -0.693. The highest BCUT2D eigenvalue weighted by Gasteiger charge is 2.23. The van der Waals surface area contributed by atoms with Crippen LogP contribution in [0.25, 0.3) is 0 Å². The van der Waals surface area contributed by atoms with Crippen LogP contribution in [0, 0.1) is 0 Å². The summed E-state index contributed by atoms with van der Waals surface area (Å²) in [6.45, 7) is 3.87. The van der Waals surface area contributed by atoms with Crippen LogP contribution in [0.15, 0.2) is 6.07 Å². The summed E-state index contributed by atoms with van der Waals surface area (Å²) in [7, 11) is 0. The van der Waals surface area contributed by atoms with Crippen LogP contribution >= 0.6 is 0 Å². The summed E-state index contributed by atoms with van der Waals surface area (Å²) in [5.41, 5.74) is 0.178. The van der Waals surface area contributed by atoms with Crippen LogP contribution in [0.5, 0.6) is 17.2 Å².